The minimum atomic E-state index is -3.67. The Bertz CT molecular complexity index is 475. The van der Waals surface area contributed by atoms with Crippen LogP contribution in [-0.2, 0) is 14.6 Å². The topological polar surface area (TPSA) is 43.4 Å². The minimum Gasteiger partial charge on any atom is -0.346 e. The monoisotopic (exact) mass is 280 g/mol. The molecule has 0 radical (unpaired) electrons. The number of hydrogen-bond donors (Lipinski definition) is 0. The first kappa shape index (κ1) is 12.2. The lowest BCUT2D eigenvalue weighted by atomic mass is 10.4. The first-order valence-corrected chi connectivity index (χ1v) is 7.03. The second-order valence-electron chi connectivity index (χ2n) is 3.57. The molecular formula is C10H10Cl2O3S. The number of alkyl halides is 1. The van der Waals surface area contributed by atoms with Crippen molar-refractivity contribution in [3.8, 4) is 0 Å². The largest absolute Gasteiger partial charge is 0.346 e. The summed E-state index contributed by atoms with van der Waals surface area (Å²) in [5, 5.41) is 0.481. The molecule has 1 unspecified atom stereocenters. The molecule has 2 rings (SSSR count). The summed E-state index contributed by atoms with van der Waals surface area (Å²) in [4.78, 5) is 0.133. The molecule has 6 heteroatoms. The van der Waals surface area contributed by atoms with Crippen molar-refractivity contribution in [1.82, 2.24) is 0 Å². The molecule has 1 aromatic carbocycles. The summed E-state index contributed by atoms with van der Waals surface area (Å²) < 4.78 is 27.9. The lowest BCUT2D eigenvalue weighted by Gasteiger charge is -2.20. The third-order valence-corrected chi connectivity index (χ3v) is 5.64. The van der Waals surface area contributed by atoms with Crippen LogP contribution in [0.5, 0.6) is 0 Å². The van der Waals surface area contributed by atoms with Crippen molar-refractivity contribution in [2.24, 2.45) is 0 Å². The Morgan fingerprint density at radius 3 is 2.38 bits per heavy atom. The van der Waals surface area contributed by atoms with Gasteiger partial charge in [-0.05, 0) is 30.7 Å². The molecule has 1 saturated heterocycles. The fourth-order valence-corrected chi connectivity index (χ4v) is 3.68. The molecule has 1 aliphatic rings. The van der Waals surface area contributed by atoms with Crippen molar-refractivity contribution >= 4 is 33.0 Å². The van der Waals surface area contributed by atoms with Crippen molar-refractivity contribution in [2.45, 2.75) is 22.1 Å². The van der Waals surface area contributed by atoms with Crippen LogP contribution in [0.4, 0.5) is 0 Å². The van der Waals surface area contributed by atoms with Gasteiger partial charge in [-0.1, -0.05) is 23.2 Å². The Hall–Kier alpha value is -0.290. The van der Waals surface area contributed by atoms with Gasteiger partial charge in [0.2, 0.25) is 14.2 Å². The maximum absolute atomic E-state index is 12.2. The number of ether oxygens (including phenoxy) is 1. The Morgan fingerprint density at radius 2 is 1.88 bits per heavy atom. The average Bonchev–Trinajstić information content (AvgIpc) is 2.67. The van der Waals surface area contributed by atoms with E-state index in [4.69, 9.17) is 27.9 Å². The standard InChI is InChI=1S/C10H10Cl2O3S/c11-8-2-4-9(5-3-8)16(13,14)10(12)6-1-7-15-10/h2-5H,1,6-7H2. The number of halogens is 2. The van der Waals surface area contributed by atoms with Gasteiger partial charge in [-0.25, -0.2) is 8.42 Å². The van der Waals surface area contributed by atoms with Crippen LogP contribution in [0, 0.1) is 0 Å². The van der Waals surface area contributed by atoms with Crippen LogP contribution in [0.1, 0.15) is 12.8 Å². The predicted molar refractivity (Wildman–Crippen MR) is 62.4 cm³/mol. The molecule has 16 heavy (non-hydrogen) atoms. The molecule has 0 spiro atoms. The zero-order valence-corrected chi connectivity index (χ0v) is 10.6. The Kier molecular flexibility index (Phi) is 3.18. The van der Waals surface area contributed by atoms with E-state index >= 15 is 0 Å². The van der Waals surface area contributed by atoms with Crippen molar-refractivity contribution in [2.75, 3.05) is 6.61 Å². The molecule has 1 aromatic rings. The minimum absolute atomic E-state index is 0.133. The summed E-state index contributed by atoms with van der Waals surface area (Å²) >= 11 is 11.7. The third kappa shape index (κ3) is 1.95. The van der Waals surface area contributed by atoms with Crippen molar-refractivity contribution in [3.63, 3.8) is 0 Å². The van der Waals surface area contributed by atoms with E-state index in [9.17, 15) is 8.42 Å². The lowest BCUT2D eigenvalue weighted by Crippen LogP contribution is -2.31. The fourth-order valence-electron chi connectivity index (χ4n) is 1.58. The molecule has 1 aliphatic heterocycles. The van der Waals surface area contributed by atoms with Gasteiger partial charge >= 0.3 is 0 Å². The maximum Gasteiger partial charge on any atom is 0.248 e. The smallest absolute Gasteiger partial charge is 0.248 e. The third-order valence-electron chi connectivity index (χ3n) is 2.46. The van der Waals surface area contributed by atoms with Crippen LogP contribution in [0.3, 0.4) is 0 Å². The Balaban J connectivity index is 2.42. The summed E-state index contributed by atoms with van der Waals surface area (Å²) in [6.07, 6.45) is 0.954. The molecular weight excluding hydrogens is 271 g/mol. The van der Waals surface area contributed by atoms with E-state index in [1.54, 1.807) is 0 Å². The van der Waals surface area contributed by atoms with E-state index in [0.29, 0.717) is 24.5 Å². The number of sulfone groups is 1. The van der Waals surface area contributed by atoms with Crippen LogP contribution in [0.15, 0.2) is 29.2 Å². The van der Waals surface area contributed by atoms with Crippen molar-refractivity contribution < 1.29 is 13.2 Å². The molecule has 1 atom stereocenters. The van der Waals surface area contributed by atoms with Crippen molar-refractivity contribution in [3.05, 3.63) is 29.3 Å². The van der Waals surface area contributed by atoms with E-state index in [2.05, 4.69) is 0 Å². The molecule has 0 N–H and O–H groups in total. The van der Waals surface area contributed by atoms with Gasteiger partial charge < -0.3 is 4.74 Å². The molecule has 88 valence electrons. The van der Waals surface area contributed by atoms with Gasteiger partial charge in [0, 0.05) is 11.4 Å². The first-order chi connectivity index (χ1) is 7.46. The van der Waals surface area contributed by atoms with E-state index in [1.807, 2.05) is 0 Å². The van der Waals surface area contributed by atoms with E-state index in [-0.39, 0.29) is 4.90 Å². The molecule has 3 nitrogen and oxygen atoms in total. The Morgan fingerprint density at radius 1 is 1.25 bits per heavy atom. The van der Waals surface area contributed by atoms with Gasteiger partial charge in [0.05, 0.1) is 11.5 Å². The number of benzene rings is 1. The van der Waals surface area contributed by atoms with Crippen LogP contribution < -0.4 is 0 Å². The van der Waals surface area contributed by atoms with E-state index in [0.717, 1.165) is 0 Å². The summed E-state index contributed by atoms with van der Waals surface area (Å²) in [6.45, 7) is 0.371. The lowest BCUT2D eigenvalue weighted by molar-refractivity contribution is 0.135. The highest BCUT2D eigenvalue weighted by molar-refractivity contribution is 7.94. The van der Waals surface area contributed by atoms with E-state index in [1.165, 1.54) is 24.3 Å². The molecule has 1 fully saturated rings. The summed E-state index contributed by atoms with van der Waals surface area (Å²) in [5.41, 5.74) is 0. The summed E-state index contributed by atoms with van der Waals surface area (Å²) in [7, 11) is -3.67. The van der Waals surface area contributed by atoms with Crippen LogP contribution in [0.25, 0.3) is 0 Å². The highest BCUT2D eigenvalue weighted by Gasteiger charge is 2.46. The number of hydrogen-bond acceptors (Lipinski definition) is 3. The first-order valence-electron chi connectivity index (χ1n) is 4.79. The van der Waals surface area contributed by atoms with Crippen molar-refractivity contribution in [1.29, 1.82) is 0 Å². The van der Waals surface area contributed by atoms with Gasteiger partial charge in [-0.2, -0.15) is 0 Å². The quantitative estimate of drug-likeness (QED) is 0.783. The predicted octanol–water partition coefficient (Wildman–Crippen LogP) is 2.82. The van der Waals surface area contributed by atoms with Gasteiger partial charge in [0.1, 0.15) is 0 Å². The zero-order chi connectivity index (χ0) is 11.8. The summed E-state index contributed by atoms with van der Waals surface area (Å²) in [6, 6.07) is 5.90. The molecule has 0 bridgehead atoms. The van der Waals surface area contributed by atoms with Gasteiger partial charge in [-0.3, -0.25) is 0 Å². The van der Waals surface area contributed by atoms with Gasteiger partial charge in [0.15, 0.2) is 0 Å². The highest BCUT2D eigenvalue weighted by atomic mass is 35.5. The van der Waals surface area contributed by atoms with E-state index < -0.39 is 14.2 Å². The number of rotatable bonds is 2. The molecule has 0 aromatic heterocycles. The van der Waals surface area contributed by atoms with Gasteiger partial charge in [-0.15, -0.1) is 0 Å². The normalized spacial score (nSPS) is 25.9. The fraction of sp³-hybridized carbons (Fsp3) is 0.400. The maximum atomic E-state index is 12.2. The van der Waals surface area contributed by atoms with Gasteiger partial charge in [0.25, 0.3) is 0 Å². The van der Waals surface area contributed by atoms with Crippen LogP contribution in [-0.4, -0.2) is 19.4 Å². The molecule has 0 aliphatic carbocycles. The Labute approximate surface area is 104 Å². The summed E-state index contributed by atoms with van der Waals surface area (Å²) in [5.74, 6) is 0. The highest BCUT2D eigenvalue weighted by Crippen LogP contribution is 2.39. The second kappa shape index (κ2) is 4.18. The molecule has 0 saturated carbocycles. The van der Waals surface area contributed by atoms with Crippen LogP contribution >= 0.6 is 23.2 Å². The molecule has 1 heterocycles. The molecule has 0 amide bonds. The average molecular weight is 281 g/mol. The second-order valence-corrected chi connectivity index (χ2v) is 6.98. The van der Waals surface area contributed by atoms with Crippen LogP contribution in [0.2, 0.25) is 5.02 Å². The zero-order valence-electron chi connectivity index (χ0n) is 8.32. The SMILES string of the molecule is O=S(=O)(c1ccc(Cl)cc1)C1(Cl)CCCO1.